The van der Waals surface area contributed by atoms with Crippen LogP contribution in [0.2, 0.25) is 5.02 Å². The Hall–Kier alpha value is -1.06. The molecule has 0 atom stereocenters. The van der Waals surface area contributed by atoms with Gasteiger partial charge in [-0.25, -0.2) is 4.98 Å². The van der Waals surface area contributed by atoms with Crippen molar-refractivity contribution >= 4 is 23.5 Å². The molecular weight excluding hydrogens is 222 g/mol. The molecule has 4 heteroatoms. The molecule has 2 heterocycles. The van der Waals surface area contributed by atoms with Crippen LogP contribution in [0.5, 0.6) is 0 Å². The molecule has 0 aromatic carbocycles. The third-order valence-corrected chi connectivity index (χ3v) is 3.24. The second-order valence-electron chi connectivity index (χ2n) is 4.06. The van der Waals surface area contributed by atoms with Crippen LogP contribution in [0.25, 0.3) is 6.08 Å². The van der Waals surface area contributed by atoms with E-state index in [1.165, 1.54) is 0 Å². The summed E-state index contributed by atoms with van der Waals surface area (Å²) in [4.78, 5) is 8.99. The monoisotopic (exact) mass is 237 g/mol. The maximum atomic E-state index is 6.13. The van der Waals surface area contributed by atoms with Gasteiger partial charge in [-0.2, -0.15) is 0 Å². The van der Waals surface area contributed by atoms with Crippen molar-refractivity contribution in [1.82, 2.24) is 9.88 Å². The molecule has 0 unspecified atom stereocenters. The van der Waals surface area contributed by atoms with Gasteiger partial charge >= 0.3 is 0 Å². The van der Waals surface area contributed by atoms with Crippen molar-refractivity contribution in [2.45, 2.75) is 0 Å². The predicted molar refractivity (Wildman–Crippen MR) is 69.0 cm³/mol. The Morgan fingerprint density at radius 3 is 2.62 bits per heavy atom. The van der Waals surface area contributed by atoms with Crippen LogP contribution in [0.4, 0.5) is 5.82 Å². The van der Waals surface area contributed by atoms with E-state index in [1.807, 2.05) is 6.07 Å². The van der Waals surface area contributed by atoms with E-state index in [0.29, 0.717) is 0 Å². The number of rotatable bonds is 2. The summed E-state index contributed by atoms with van der Waals surface area (Å²) in [7, 11) is 2.14. The average molecular weight is 238 g/mol. The number of hydrogen-bond acceptors (Lipinski definition) is 3. The summed E-state index contributed by atoms with van der Waals surface area (Å²) in [5.41, 5.74) is 0.888. The summed E-state index contributed by atoms with van der Waals surface area (Å²) in [6, 6.07) is 1.92. The van der Waals surface area contributed by atoms with Crippen molar-refractivity contribution in [3.05, 3.63) is 29.4 Å². The summed E-state index contributed by atoms with van der Waals surface area (Å²) < 4.78 is 0. The first-order chi connectivity index (χ1) is 7.70. The highest BCUT2D eigenvalue weighted by Crippen LogP contribution is 2.22. The molecule has 2 rings (SSSR count). The lowest BCUT2D eigenvalue weighted by Crippen LogP contribution is -2.44. The summed E-state index contributed by atoms with van der Waals surface area (Å²) in [5, 5.41) is 0.721. The molecule has 86 valence electrons. The molecule has 0 bridgehead atoms. The van der Waals surface area contributed by atoms with Gasteiger partial charge in [0.2, 0.25) is 0 Å². The van der Waals surface area contributed by atoms with Gasteiger partial charge in [-0.15, -0.1) is 0 Å². The van der Waals surface area contributed by atoms with Crippen LogP contribution in [-0.2, 0) is 0 Å². The van der Waals surface area contributed by atoms with Gasteiger partial charge in [0.1, 0.15) is 5.82 Å². The molecule has 3 nitrogen and oxygen atoms in total. The minimum atomic E-state index is 0.721. The van der Waals surface area contributed by atoms with Gasteiger partial charge in [0, 0.05) is 37.9 Å². The van der Waals surface area contributed by atoms with Gasteiger partial charge in [0.25, 0.3) is 0 Å². The summed E-state index contributed by atoms with van der Waals surface area (Å²) in [5.74, 6) is 0.962. The summed E-state index contributed by atoms with van der Waals surface area (Å²) in [6.45, 7) is 7.86. The van der Waals surface area contributed by atoms with Crippen molar-refractivity contribution in [3.8, 4) is 0 Å². The number of aromatic nitrogens is 1. The van der Waals surface area contributed by atoms with Gasteiger partial charge in [-0.3, -0.25) is 0 Å². The number of piperazine rings is 1. The van der Waals surface area contributed by atoms with Gasteiger partial charge in [-0.1, -0.05) is 24.3 Å². The zero-order valence-electron chi connectivity index (χ0n) is 9.49. The van der Waals surface area contributed by atoms with E-state index in [9.17, 15) is 0 Å². The topological polar surface area (TPSA) is 19.4 Å². The summed E-state index contributed by atoms with van der Waals surface area (Å²) in [6.07, 6.45) is 3.51. The Balaban J connectivity index is 2.15. The molecular formula is C12H16ClN3. The number of nitrogens with zero attached hydrogens (tertiary/aromatic N) is 3. The van der Waals surface area contributed by atoms with E-state index in [-0.39, 0.29) is 0 Å². The van der Waals surface area contributed by atoms with Crippen LogP contribution in [0.1, 0.15) is 5.56 Å². The zero-order valence-corrected chi connectivity index (χ0v) is 10.2. The molecule has 0 radical (unpaired) electrons. The fourth-order valence-electron chi connectivity index (χ4n) is 1.79. The van der Waals surface area contributed by atoms with Crippen LogP contribution in [0.3, 0.4) is 0 Å². The highest BCUT2D eigenvalue weighted by molar-refractivity contribution is 6.32. The van der Waals surface area contributed by atoms with Gasteiger partial charge < -0.3 is 9.80 Å². The molecule has 1 aromatic rings. The quantitative estimate of drug-likeness (QED) is 0.786. The maximum Gasteiger partial charge on any atom is 0.130 e. The fourth-order valence-corrected chi connectivity index (χ4v) is 2.01. The van der Waals surface area contributed by atoms with E-state index in [4.69, 9.17) is 11.6 Å². The highest BCUT2D eigenvalue weighted by atomic mass is 35.5. The largest absolute Gasteiger partial charge is 0.354 e. The number of anilines is 1. The first-order valence-electron chi connectivity index (χ1n) is 5.42. The first kappa shape index (κ1) is 11.4. The second kappa shape index (κ2) is 4.85. The number of hydrogen-bond donors (Lipinski definition) is 0. The molecule has 16 heavy (non-hydrogen) atoms. The average Bonchev–Trinajstić information content (AvgIpc) is 2.30. The maximum absolute atomic E-state index is 6.13. The number of halogens is 1. The Bertz CT molecular complexity index is 384. The lowest BCUT2D eigenvalue weighted by Gasteiger charge is -2.33. The van der Waals surface area contributed by atoms with Crippen LogP contribution >= 0.6 is 11.6 Å². The predicted octanol–water partition coefficient (Wildman–Crippen LogP) is 2.13. The van der Waals surface area contributed by atoms with Gasteiger partial charge in [0.15, 0.2) is 0 Å². The van der Waals surface area contributed by atoms with E-state index >= 15 is 0 Å². The minimum absolute atomic E-state index is 0.721. The molecule has 0 N–H and O–H groups in total. The smallest absolute Gasteiger partial charge is 0.130 e. The molecule has 0 saturated carbocycles. The van der Waals surface area contributed by atoms with Crippen molar-refractivity contribution in [2.75, 3.05) is 38.1 Å². The molecule has 1 aliphatic rings. The highest BCUT2D eigenvalue weighted by Gasteiger charge is 2.15. The third kappa shape index (κ3) is 2.36. The van der Waals surface area contributed by atoms with Crippen molar-refractivity contribution < 1.29 is 0 Å². The minimum Gasteiger partial charge on any atom is -0.354 e. The molecule has 0 aliphatic carbocycles. The summed E-state index contributed by atoms with van der Waals surface area (Å²) >= 11 is 6.13. The van der Waals surface area contributed by atoms with Crippen LogP contribution in [0, 0.1) is 0 Å². The molecule has 1 aliphatic heterocycles. The van der Waals surface area contributed by atoms with Crippen molar-refractivity contribution in [2.24, 2.45) is 0 Å². The fraction of sp³-hybridized carbons (Fsp3) is 0.417. The number of likely N-dealkylation sites (N-methyl/N-ethyl adjacent to an activating group) is 1. The second-order valence-corrected chi connectivity index (χ2v) is 4.47. The molecule has 1 saturated heterocycles. The standard InChI is InChI=1S/C12H16ClN3/c1-3-10-9-14-12(8-11(10)13)16-6-4-15(2)5-7-16/h3,8-9H,1,4-7H2,2H3. The Kier molecular flexibility index (Phi) is 3.46. The lowest BCUT2D eigenvalue weighted by molar-refractivity contribution is 0.312. The van der Waals surface area contributed by atoms with Crippen LogP contribution < -0.4 is 4.90 Å². The van der Waals surface area contributed by atoms with Crippen molar-refractivity contribution in [3.63, 3.8) is 0 Å². The molecule has 0 amide bonds. The van der Waals surface area contributed by atoms with E-state index in [0.717, 1.165) is 42.6 Å². The van der Waals surface area contributed by atoms with Crippen molar-refractivity contribution in [1.29, 1.82) is 0 Å². The van der Waals surface area contributed by atoms with Gasteiger partial charge in [0.05, 0.1) is 5.02 Å². The first-order valence-corrected chi connectivity index (χ1v) is 5.80. The van der Waals surface area contributed by atoms with Crippen LogP contribution in [-0.4, -0.2) is 43.1 Å². The Morgan fingerprint density at radius 2 is 2.06 bits per heavy atom. The SMILES string of the molecule is C=Cc1cnc(N2CCN(C)CC2)cc1Cl. The van der Waals surface area contributed by atoms with E-state index in [2.05, 4.69) is 28.4 Å². The third-order valence-electron chi connectivity index (χ3n) is 2.91. The Labute approximate surface area is 101 Å². The zero-order chi connectivity index (χ0) is 11.5. The lowest BCUT2D eigenvalue weighted by atomic mass is 10.2. The molecule has 1 fully saturated rings. The number of pyridine rings is 1. The van der Waals surface area contributed by atoms with Gasteiger partial charge in [-0.05, 0) is 13.1 Å². The normalized spacial score (nSPS) is 17.5. The van der Waals surface area contributed by atoms with E-state index in [1.54, 1.807) is 12.3 Å². The van der Waals surface area contributed by atoms with Crippen LogP contribution in [0.15, 0.2) is 18.8 Å². The molecule has 0 spiro atoms. The molecule has 1 aromatic heterocycles. The Morgan fingerprint density at radius 1 is 1.38 bits per heavy atom. The van der Waals surface area contributed by atoms with E-state index < -0.39 is 0 Å².